The van der Waals surface area contributed by atoms with Crippen LogP contribution >= 0.6 is 0 Å². The molecular formula is C22H19N3O. The third kappa shape index (κ3) is 2.57. The van der Waals surface area contributed by atoms with Gasteiger partial charge in [0.25, 0.3) is 0 Å². The van der Waals surface area contributed by atoms with Crippen molar-refractivity contribution < 1.29 is 4.42 Å². The Balaban J connectivity index is 1.41. The number of benzene rings is 2. The molecule has 2 aliphatic rings. The normalized spacial score (nSPS) is 21.1. The SMILES string of the molecule is N#Cc1nc([C@@H]2C[C@@H]2c2ccccc2)oc1N1CCc2ccccc2C1. The summed E-state index contributed by atoms with van der Waals surface area (Å²) in [4.78, 5) is 6.68. The van der Waals surface area contributed by atoms with Crippen LogP contribution in [0.2, 0.25) is 0 Å². The molecule has 4 heteroatoms. The van der Waals surface area contributed by atoms with E-state index in [1.807, 2.05) is 6.07 Å². The van der Waals surface area contributed by atoms with Crippen LogP contribution in [-0.4, -0.2) is 11.5 Å². The molecule has 0 spiro atoms. The van der Waals surface area contributed by atoms with Crippen LogP contribution in [0.5, 0.6) is 0 Å². The molecule has 2 aromatic carbocycles. The van der Waals surface area contributed by atoms with Gasteiger partial charge >= 0.3 is 0 Å². The lowest BCUT2D eigenvalue weighted by atomic mass is 10.00. The van der Waals surface area contributed by atoms with Gasteiger partial charge in [-0.05, 0) is 35.4 Å². The van der Waals surface area contributed by atoms with Crippen LogP contribution < -0.4 is 4.90 Å². The van der Waals surface area contributed by atoms with Gasteiger partial charge in [0.1, 0.15) is 6.07 Å². The molecule has 1 aliphatic carbocycles. The van der Waals surface area contributed by atoms with Crippen LogP contribution in [0.1, 0.15) is 46.5 Å². The maximum atomic E-state index is 9.54. The van der Waals surface area contributed by atoms with E-state index in [0.717, 1.165) is 25.9 Å². The number of nitriles is 1. The lowest BCUT2D eigenvalue weighted by Crippen LogP contribution is -2.30. The minimum absolute atomic E-state index is 0.287. The number of nitrogens with zero attached hydrogens (tertiary/aromatic N) is 3. The molecule has 0 amide bonds. The van der Waals surface area contributed by atoms with Crippen molar-refractivity contribution in [1.29, 1.82) is 5.26 Å². The minimum Gasteiger partial charge on any atom is -0.423 e. The van der Waals surface area contributed by atoms with Crippen molar-refractivity contribution in [2.24, 2.45) is 0 Å². The summed E-state index contributed by atoms with van der Waals surface area (Å²) in [6.07, 6.45) is 2.00. The molecule has 1 aliphatic heterocycles. The molecule has 4 nitrogen and oxygen atoms in total. The third-order valence-corrected chi connectivity index (χ3v) is 5.48. The lowest BCUT2D eigenvalue weighted by molar-refractivity contribution is 0.479. The molecule has 0 bridgehead atoms. The molecule has 0 radical (unpaired) electrons. The van der Waals surface area contributed by atoms with Gasteiger partial charge in [0.15, 0.2) is 0 Å². The fraction of sp³-hybridized carbons (Fsp3) is 0.273. The standard InChI is InChI=1S/C22H19N3O/c23-13-20-22(25-11-10-15-6-4-5-9-17(15)14-25)26-21(24-20)19-12-18(19)16-7-2-1-3-8-16/h1-9,18-19H,10-12,14H2/t18-,19-/m1/s1. The Morgan fingerprint density at radius 3 is 2.58 bits per heavy atom. The van der Waals surface area contributed by atoms with Crippen LogP contribution in [0.3, 0.4) is 0 Å². The summed E-state index contributed by atoms with van der Waals surface area (Å²) in [5, 5.41) is 9.54. The Hall–Kier alpha value is -3.06. The quantitative estimate of drug-likeness (QED) is 0.709. The van der Waals surface area contributed by atoms with Crippen molar-refractivity contribution in [3.63, 3.8) is 0 Å². The second-order valence-corrected chi connectivity index (χ2v) is 7.12. The van der Waals surface area contributed by atoms with Gasteiger partial charge in [0.2, 0.25) is 17.5 Å². The van der Waals surface area contributed by atoms with Crippen LogP contribution in [-0.2, 0) is 13.0 Å². The van der Waals surface area contributed by atoms with Crippen LogP contribution in [0.25, 0.3) is 0 Å². The van der Waals surface area contributed by atoms with E-state index in [9.17, 15) is 5.26 Å². The first kappa shape index (κ1) is 15.2. The number of hydrogen-bond donors (Lipinski definition) is 0. The number of rotatable bonds is 3. The molecule has 0 saturated heterocycles. The maximum Gasteiger partial charge on any atom is 0.235 e. The number of oxazole rings is 1. The van der Waals surface area contributed by atoms with E-state index in [1.54, 1.807) is 0 Å². The third-order valence-electron chi connectivity index (χ3n) is 5.48. The molecule has 2 heterocycles. The van der Waals surface area contributed by atoms with E-state index in [1.165, 1.54) is 16.7 Å². The van der Waals surface area contributed by atoms with Crippen LogP contribution in [0.4, 0.5) is 5.88 Å². The van der Waals surface area contributed by atoms with Crippen molar-refractivity contribution in [1.82, 2.24) is 4.98 Å². The molecule has 0 unspecified atom stereocenters. The van der Waals surface area contributed by atoms with E-state index in [4.69, 9.17) is 4.42 Å². The van der Waals surface area contributed by atoms with Gasteiger partial charge in [-0.1, -0.05) is 54.6 Å². The molecule has 5 rings (SSSR count). The molecule has 2 atom stereocenters. The molecule has 1 fully saturated rings. The summed E-state index contributed by atoms with van der Waals surface area (Å²) in [6.45, 7) is 1.62. The predicted molar refractivity (Wildman–Crippen MR) is 99.0 cm³/mol. The first-order chi connectivity index (χ1) is 12.8. The van der Waals surface area contributed by atoms with Gasteiger partial charge in [-0.25, -0.2) is 4.98 Å². The van der Waals surface area contributed by atoms with Crippen molar-refractivity contribution in [2.75, 3.05) is 11.4 Å². The fourth-order valence-corrected chi connectivity index (χ4v) is 3.98. The second kappa shape index (κ2) is 6.03. The average Bonchev–Trinajstić information content (AvgIpc) is 3.39. The van der Waals surface area contributed by atoms with Gasteiger partial charge < -0.3 is 9.32 Å². The summed E-state index contributed by atoms with van der Waals surface area (Å²) < 4.78 is 6.13. The molecule has 0 N–H and O–H groups in total. The predicted octanol–water partition coefficient (Wildman–Crippen LogP) is 4.38. The summed E-state index contributed by atoms with van der Waals surface area (Å²) in [6, 6.07) is 21.2. The minimum atomic E-state index is 0.287. The lowest BCUT2D eigenvalue weighted by Gasteiger charge is -2.28. The van der Waals surface area contributed by atoms with E-state index in [0.29, 0.717) is 23.4 Å². The summed E-state index contributed by atoms with van der Waals surface area (Å²) in [5.41, 5.74) is 4.42. The van der Waals surface area contributed by atoms with E-state index >= 15 is 0 Å². The monoisotopic (exact) mass is 341 g/mol. The zero-order chi connectivity index (χ0) is 17.5. The van der Waals surface area contributed by atoms with Crippen LogP contribution in [0.15, 0.2) is 59.0 Å². The van der Waals surface area contributed by atoms with E-state index < -0.39 is 0 Å². The highest BCUT2D eigenvalue weighted by Crippen LogP contribution is 2.54. The molecule has 1 saturated carbocycles. The number of fused-ring (bicyclic) bond motifs is 1. The zero-order valence-corrected chi connectivity index (χ0v) is 14.4. The van der Waals surface area contributed by atoms with Crippen LogP contribution in [0, 0.1) is 11.3 Å². The molecule has 1 aromatic heterocycles. The molecular weight excluding hydrogens is 322 g/mol. The van der Waals surface area contributed by atoms with Crippen molar-refractivity contribution in [3.05, 3.63) is 82.9 Å². The van der Waals surface area contributed by atoms with Crippen molar-refractivity contribution in [3.8, 4) is 6.07 Å². The molecule has 26 heavy (non-hydrogen) atoms. The highest BCUT2D eigenvalue weighted by Gasteiger charge is 2.44. The summed E-state index contributed by atoms with van der Waals surface area (Å²) in [7, 11) is 0. The van der Waals surface area contributed by atoms with Crippen molar-refractivity contribution in [2.45, 2.75) is 31.2 Å². The topological polar surface area (TPSA) is 53.1 Å². The first-order valence-electron chi connectivity index (χ1n) is 9.11. The maximum absolute atomic E-state index is 9.54. The van der Waals surface area contributed by atoms with Gasteiger partial charge in [0, 0.05) is 19.0 Å². The average molecular weight is 341 g/mol. The zero-order valence-electron chi connectivity index (χ0n) is 14.4. The number of aromatic nitrogens is 1. The van der Waals surface area contributed by atoms with E-state index in [-0.39, 0.29) is 5.92 Å². The second-order valence-electron chi connectivity index (χ2n) is 7.12. The Bertz CT molecular complexity index is 986. The molecule has 3 aromatic rings. The Morgan fingerprint density at radius 2 is 1.77 bits per heavy atom. The van der Waals surface area contributed by atoms with Gasteiger partial charge in [-0.15, -0.1) is 0 Å². The van der Waals surface area contributed by atoms with Gasteiger partial charge in [-0.3, -0.25) is 0 Å². The Morgan fingerprint density at radius 1 is 1.00 bits per heavy atom. The fourth-order valence-electron chi connectivity index (χ4n) is 3.98. The Kier molecular flexibility index (Phi) is 3.53. The van der Waals surface area contributed by atoms with Gasteiger partial charge in [-0.2, -0.15) is 5.26 Å². The van der Waals surface area contributed by atoms with Crippen molar-refractivity contribution >= 4 is 5.88 Å². The largest absolute Gasteiger partial charge is 0.423 e. The molecule has 128 valence electrons. The first-order valence-corrected chi connectivity index (χ1v) is 9.11. The summed E-state index contributed by atoms with van der Waals surface area (Å²) >= 11 is 0. The highest BCUT2D eigenvalue weighted by atomic mass is 16.4. The smallest absolute Gasteiger partial charge is 0.235 e. The number of hydrogen-bond acceptors (Lipinski definition) is 4. The van der Waals surface area contributed by atoms with Gasteiger partial charge in [0.05, 0.1) is 0 Å². The number of anilines is 1. The highest BCUT2D eigenvalue weighted by molar-refractivity contribution is 5.51. The summed E-state index contributed by atoms with van der Waals surface area (Å²) in [5.74, 6) is 2.09. The Labute approximate surface area is 152 Å². The van der Waals surface area contributed by atoms with E-state index in [2.05, 4.69) is 64.5 Å².